The van der Waals surface area contributed by atoms with E-state index < -0.39 is 10.0 Å². The Morgan fingerprint density at radius 1 is 1.18 bits per heavy atom. The molecule has 0 saturated carbocycles. The lowest BCUT2D eigenvalue weighted by Crippen LogP contribution is -2.30. The SMILES string of the molecule is CCn1c(CCC(=O)N2CCC[C@@H]2c2ccc(F)cc2)nc2cc(S(=O)(=O)N(C)C)ccc21. The van der Waals surface area contributed by atoms with Gasteiger partial charge in [0.25, 0.3) is 0 Å². The van der Waals surface area contributed by atoms with Crippen LogP contribution in [-0.4, -0.2) is 53.7 Å². The molecule has 2 aromatic carbocycles. The first kappa shape index (κ1) is 23.4. The number of nitrogens with zero attached hydrogens (tertiary/aromatic N) is 4. The van der Waals surface area contributed by atoms with Gasteiger partial charge in [-0.1, -0.05) is 12.1 Å². The molecular weight excluding hydrogens is 443 g/mol. The number of hydrogen-bond donors (Lipinski definition) is 0. The summed E-state index contributed by atoms with van der Waals surface area (Å²) in [6.45, 7) is 3.36. The predicted octanol–water partition coefficient (Wildman–Crippen LogP) is 3.74. The molecule has 4 rings (SSSR count). The second-order valence-electron chi connectivity index (χ2n) is 8.51. The fourth-order valence-corrected chi connectivity index (χ4v) is 5.46. The first-order valence-electron chi connectivity index (χ1n) is 11.2. The van der Waals surface area contributed by atoms with Crippen LogP contribution in [0.4, 0.5) is 4.39 Å². The normalized spacial score (nSPS) is 16.8. The highest BCUT2D eigenvalue weighted by atomic mass is 32.2. The van der Waals surface area contributed by atoms with E-state index in [1.807, 2.05) is 16.4 Å². The van der Waals surface area contributed by atoms with Crippen molar-refractivity contribution in [3.05, 3.63) is 59.7 Å². The van der Waals surface area contributed by atoms with Gasteiger partial charge in [-0.3, -0.25) is 4.79 Å². The van der Waals surface area contributed by atoms with Crippen LogP contribution in [0, 0.1) is 5.82 Å². The number of imidazole rings is 1. The molecule has 1 aliphatic rings. The molecule has 2 heterocycles. The van der Waals surface area contributed by atoms with Crippen molar-refractivity contribution in [3.63, 3.8) is 0 Å². The molecule has 0 bridgehead atoms. The van der Waals surface area contributed by atoms with E-state index in [9.17, 15) is 17.6 Å². The van der Waals surface area contributed by atoms with E-state index >= 15 is 0 Å². The van der Waals surface area contributed by atoms with Gasteiger partial charge in [-0.2, -0.15) is 0 Å². The molecule has 0 aliphatic carbocycles. The van der Waals surface area contributed by atoms with Gasteiger partial charge in [-0.15, -0.1) is 0 Å². The number of fused-ring (bicyclic) bond motifs is 1. The van der Waals surface area contributed by atoms with Crippen LogP contribution in [0.15, 0.2) is 47.4 Å². The molecule has 33 heavy (non-hydrogen) atoms. The third-order valence-electron chi connectivity index (χ3n) is 6.28. The van der Waals surface area contributed by atoms with Gasteiger partial charge in [0.15, 0.2) is 0 Å². The van der Waals surface area contributed by atoms with Crippen molar-refractivity contribution in [1.82, 2.24) is 18.8 Å². The molecule has 1 aliphatic heterocycles. The van der Waals surface area contributed by atoms with Crippen molar-refractivity contribution in [1.29, 1.82) is 0 Å². The minimum absolute atomic E-state index is 0.0260. The lowest BCUT2D eigenvalue weighted by atomic mass is 10.0. The number of aromatic nitrogens is 2. The van der Waals surface area contributed by atoms with E-state index in [0.29, 0.717) is 31.4 Å². The second kappa shape index (κ2) is 9.23. The summed E-state index contributed by atoms with van der Waals surface area (Å²) in [5.74, 6) is 0.528. The Bertz CT molecular complexity index is 1270. The van der Waals surface area contributed by atoms with E-state index in [-0.39, 0.29) is 22.7 Å². The molecule has 1 aromatic heterocycles. The van der Waals surface area contributed by atoms with E-state index in [2.05, 4.69) is 4.98 Å². The molecule has 9 heteroatoms. The maximum absolute atomic E-state index is 13.3. The number of rotatable bonds is 7. The highest BCUT2D eigenvalue weighted by Crippen LogP contribution is 2.33. The number of amides is 1. The minimum atomic E-state index is -3.55. The Morgan fingerprint density at radius 3 is 2.58 bits per heavy atom. The Labute approximate surface area is 193 Å². The molecular formula is C24H29FN4O3S. The Balaban J connectivity index is 1.53. The number of benzene rings is 2. The first-order valence-corrected chi connectivity index (χ1v) is 12.6. The largest absolute Gasteiger partial charge is 0.336 e. The van der Waals surface area contributed by atoms with Gasteiger partial charge < -0.3 is 9.47 Å². The third-order valence-corrected chi connectivity index (χ3v) is 8.10. The van der Waals surface area contributed by atoms with Crippen LogP contribution in [0.3, 0.4) is 0 Å². The lowest BCUT2D eigenvalue weighted by Gasteiger charge is -2.25. The van der Waals surface area contributed by atoms with E-state index in [1.54, 1.807) is 30.3 Å². The van der Waals surface area contributed by atoms with Crippen LogP contribution in [0.5, 0.6) is 0 Å². The average molecular weight is 473 g/mol. The number of carbonyl (C=O) groups is 1. The number of carbonyl (C=O) groups excluding carboxylic acids is 1. The first-order chi connectivity index (χ1) is 15.7. The maximum atomic E-state index is 13.3. The standard InChI is InChI=1S/C24H29FN4O3S/c1-4-28-22-12-11-19(33(31,32)27(2)3)16-20(22)26-23(28)13-14-24(30)29-15-5-6-21(29)17-7-9-18(25)10-8-17/h7-12,16,21H,4-6,13-15H2,1-3H3/t21-/m1/s1. The van der Waals surface area contributed by atoms with E-state index in [1.165, 1.54) is 30.5 Å². The summed E-state index contributed by atoms with van der Waals surface area (Å²) in [7, 11) is -0.553. The summed E-state index contributed by atoms with van der Waals surface area (Å²) < 4.78 is 41.5. The van der Waals surface area contributed by atoms with Crippen molar-refractivity contribution < 1.29 is 17.6 Å². The Kier molecular flexibility index (Phi) is 6.54. The van der Waals surface area contributed by atoms with Crippen LogP contribution < -0.4 is 0 Å². The quantitative estimate of drug-likeness (QED) is 0.525. The molecule has 7 nitrogen and oxygen atoms in total. The average Bonchev–Trinajstić information content (AvgIpc) is 3.41. The van der Waals surface area contributed by atoms with Gasteiger partial charge in [0.2, 0.25) is 15.9 Å². The van der Waals surface area contributed by atoms with Crippen LogP contribution in [0.25, 0.3) is 11.0 Å². The molecule has 0 N–H and O–H groups in total. The van der Waals surface area contributed by atoms with Crippen LogP contribution in [-0.2, 0) is 27.8 Å². The lowest BCUT2D eigenvalue weighted by molar-refractivity contribution is -0.132. The van der Waals surface area contributed by atoms with Gasteiger partial charge >= 0.3 is 0 Å². The molecule has 0 radical (unpaired) electrons. The second-order valence-corrected chi connectivity index (χ2v) is 10.7. The number of hydrogen-bond acceptors (Lipinski definition) is 4. The number of halogens is 1. The van der Waals surface area contributed by atoms with Crippen LogP contribution in [0.2, 0.25) is 0 Å². The molecule has 1 saturated heterocycles. The van der Waals surface area contributed by atoms with E-state index in [4.69, 9.17) is 0 Å². The highest BCUT2D eigenvalue weighted by Gasteiger charge is 2.30. The Morgan fingerprint density at radius 2 is 1.91 bits per heavy atom. The summed E-state index contributed by atoms with van der Waals surface area (Å²) in [6.07, 6.45) is 2.56. The zero-order chi connectivity index (χ0) is 23.8. The number of aryl methyl sites for hydroxylation is 2. The van der Waals surface area contributed by atoms with Crippen molar-refractivity contribution in [3.8, 4) is 0 Å². The summed E-state index contributed by atoms with van der Waals surface area (Å²) in [4.78, 5) is 19.8. The molecule has 1 atom stereocenters. The molecule has 3 aromatic rings. The van der Waals surface area contributed by atoms with Crippen molar-refractivity contribution in [2.75, 3.05) is 20.6 Å². The summed E-state index contributed by atoms with van der Waals surface area (Å²) in [6, 6.07) is 11.3. The van der Waals surface area contributed by atoms with Gasteiger partial charge in [-0.05, 0) is 55.7 Å². The minimum Gasteiger partial charge on any atom is -0.336 e. The van der Waals surface area contributed by atoms with Crippen LogP contribution in [0.1, 0.15) is 43.6 Å². The predicted molar refractivity (Wildman–Crippen MR) is 125 cm³/mol. The molecule has 1 fully saturated rings. The third kappa shape index (κ3) is 4.52. The number of sulfonamides is 1. The fourth-order valence-electron chi connectivity index (χ4n) is 4.53. The fraction of sp³-hybridized carbons (Fsp3) is 0.417. The zero-order valence-corrected chi connectivity index (χ0v) is 20.0. The summed E-state index contributed by atoms with van der Waals surface area (Å²) in [5, 5.41) is 0. The number of likely N-dealkylation sites (tertiary alicyclic amines) is 1. The monoisotopic (exact) mass is 472 g/mol. The van der Waals surface area contributed by atoms with Crippen molar-refractivity contribution >= 4 is 27.0 Å². The molecule has 176 valence electrons. The zero-order valence-electron chi connectivity index (χ0n) is 19.2. The van der Waals surface area contributed by atoms with Gasteiger partial charge in [0.05, 0.1) is 22.0 Å². The Hall–Kier alpha value is -2.78. The van der Waals surface area contributed by atoms with Crippen molar-refractivity contribution in [2.45, 2.75) is 50.1 Å². The summed E-state index contributed by atoms with van der Waals surface area (Å²) >= 11 is 0. The van der Waals surface area contributed by atoms with Crippen LogP contribution >= 0.6 is 0 Å². The van der Waals surface area contributed by atoms with E-state index in [0.717, 1.165) is 29.7 Å². The molecule has 1 amide bonds. The molecule has 0 spiro atoms. The van der Waals surface area contributed by atoms with Crippen molar-refractivity contribution in [2.24, 2.45) is 0 Å². The summed E-state index contributed by atoms with van der Waals surface area (Å²) in [5.41, 5.74) is 2.41. The molecule has 0 unspecified atom stereocenters. The highest BCUT2D eigenvalue weighted by molar-refractivity contribution is 7.89. The maximum Gasteiger partial charge on any atom is 0.242 e. The van der Waals surface area contributed by atoms with Gasteiger partial charge in [-0.25, -0.2) is 22.1 Å². The van der Waals surface area contributed by atoms with Gasteiger partial charge in [0.1, 0.15) is 11.6 Å². The van der Waals surface area contributed by atoms with Gasteiger partial charge in [0, 0.05) is 40.0 Å². The smallest absolute Gasteiger partial charge is 0.242 e. The topological polar surface area (TPSA) is 75.5 Å².